The van der Waals surface area contributed by atoms with Crippen molar-refractivity contribution >= 4 is 34.7 Å². The molecule has 0 bridgehead atoms. The van der Waals surface area contributed by atoms with Crippen LogP contribution in [0.15, 0.2) is 30.3 Å². The number of nitrogens with zero attached hydrogens (tertiary/aromatic N) is 4. The average molecular weight is 439 g/mol. The number of imidazole rings is 1. The minimum Gasteiger partial charge on any atom is -0.342 e. The summed E-state index contributed by atoms with van der Waals surface area (Å²) in [7, 11) is 0. The first kappa shape index (κ1) is 21.6. The lowest BCUT2D eigenvalue weighted by Gasteiger charge is -2.34. The lowest BCUT2D eigenvalue weighted by Crippen LogP contribution is -2.46. The van der Waals surface area contributed by atoms with Gasteiger partial charge in [-0.1, -0.05) is 12.1 Å². The Bertz CT molecular complexity index is 990. The summed E-state index contributed by atoms with van der Waals surface area (Å²) in [5, 5.41) is 3.31. The number of anilines is 1. The molecule has 0 saturated carbocycles. The van der Waals surface area contributed by atoms with Crippen molar-refractivity contribution in [2.45, 2.75) is 45.1 Å². The summed E-state index contributed by atoms with van der Waals surface area (Å²) in [5.74, 6) is 2.98. The number of likely N-dealkylation sites (tertiary alicyclic amines) is 1. The number of fused-ring (bicyclic) bond motifs is 1. The van der Waals surface area contributed by atoms with Crippen LogP contribution in [0.25, 0.3) is 11.0 Å². The Kier molecular flexibility index (Phi) is 6.75. The number of aromatic amines is 1. The summed E-state index contributed by atoms with van der Waals surface area (Å²) >= 11 is 1.75. The Labute approximate surface area is 187 Å². The lowest BCUT2D eigenvalue weighted by molar-refractivity contribution is -0.133. The number of amides is 1. The van der Waals surface area contributed by atoms with Gasteiger partial charge in [0, 0.05) is 30.4 Å². The predicted octanol–water partition coefficient (Wildman–Crippen LogP) is 3.91. The second kappa shape index (κ2) is 9.68. The van der Waals surface area contributed by atoms with Crippen LogP contribution in [0, 0.1) is 13.8 Å². The molecule has 1 atom stereocenters. The summed E-state index contributed by atoms with van der Waals surface area (Å²) in [6.07, 6.45) is 4.65. The number of carbonyl (C=O) groups excluding carboxylic acids is 1. The molecule has 0 unspecified atom stereocenters. The molecule has 31 heavy (non-hydrogen) atoms. The van der Waals surface area contributed by atoms with Gasteiger partial charge in [0.05, 0.1) is 11.0 Å². The van der Waals surface area contributed by atoms with Gasteiger partial charge in [-0.05, 0) is 63.3 Å². The van der Waals surface area contributed by atoms with Crippen LogP contribution in [-0.4, -0.2) is 61.9 Å². The van der Waals surface area contributed by atoms with Gasteiger partial charge in [0.1, 0.15) is 11.9 Å². The van der Waals surface area contributed by atoms with Crippen LogP contribution < -0.4 is 5.32 Å². The fourth-order valence-corrected chi connectivity index (χ4v) is 4.67. The Morgan fingerprint density at radius 3 is 2.58 bits per heavy atom. The molecule has 1 aromatic carbocycles. The molecule has 1 saturated heterocycles. The van der Waals surface area contributed by atoms with E-state index in [0.29, 0.717) is 11.9 Å². The van der Waals surface area contributed by atoms with Crippen LogP contribution in [-0.2, 0) is 4.79 Å². The molecule has 1 aliphatic heterocycles. The van der Waals surface area contributed by atoms with Crippen molar-refractivity contribution in [3.05, 3.63) is 47.5 Å². The quantitative estimate of drug-likeness (QED) is 0.582. The van der Waals surface area contributed by atoms with E-state index in [-0.39, 0.29) is 11.9 Å². The van der Waals surface area contributed by atoms with Gasteiger partial charge in [-0.15, -0.1) is 0 Å². The van der Waals surface area contributed by atoms with Crippen LogP contribution in [0.1, 0.15) is 42.4 Å². The number of nitrogens with one attached hydrogen (secondary N) is 2. The first-order valence-corrected chi connectivity index (χ1v) is 12.2. The summed E-state index contributed by atoms with van der Waals surface area (Å²) < 4.78 is 0. The second-order valence-electron chi connectivity index (χ2n) is 8.19. The lowest BCUT2D eigenvalue weighted by atomic mass is 9.95. The monoisotopic (exact) mass is 438 g/mol. The fourth-order valence-electron chi connectivity index (χ4n) is 4.20. The third kappa shape index (κ3) is 5.18. The zero-order valence-corrected chi connectivity index (χ0v) is 19.2. The molecular formula is C23H30N6OS. The zero-order chi connectivity index (χ0) is 21.8. The molecular weight excluding hydrogens is 408 g/mol. The Hall–Kier alpha value is -2.61. The highest BCUT2D eigenvalue weighted by molar-refractivity contribution is 7.98. The number of rotatable bonds is 7. The van der Waals surface area contributed by atoms with Crippen LogP contribution in [0.3, 0.4) is 0 Å². The minimum absolute atomic E-state index is 0.139. The predicted molar refractivity (Wildman–Crippen MR) is 127 cm³/mol. The van der Waals surface area contributed by atoms with Crippen LogP contribution >= 0.6 is 11.8 Å². The van der Waals surface area contributed by atoms with Gasteiger partial charge in [-0.2, -0.15) is 11.8 Å². The van der Waals surface area contributed by atoms with Crippen molar-refractivity contribution in [1.82, 2.24) is 24.8 Å². The summed E-state index contributed by atoms with van der Waals surface area (Å²) in [5.41, 5.74) is 3.88. The molecule has 1 aliphatic rings. The maximum Gasteiger partial charge on any atom is 0.245 e. The number of carbonyl (C=O) groups is 1. The number of aryl methyl sites for hydroxylation is 2. The number of aromatic nitrogens is 4. The molecule has 1 fully saturated rings. The van der Waals surface area contributed by atoms with Gasteiger partial charge in [-0.3, -0.25) is 4.79 Å². The topological polar surface area (TPSA) is 86.8 Å². The molecule has 3 aromatic rings. The Balaban J connectivity index is 1.41. The first-order chi connectivity index (χ1) is 15.0. The molecule has 0 radical (unpaired) electrons. The molecule has 3 heterocycles. The van der Waals surface area contributed by atoms with E-state index in [0.717, 1.165) is 66.4 Å². The largest absolute Gasteiger partial charge is 0.342 e. The van der Waals surface area contributed by atoms with Crippen molar-refractivity contribution in [2.24, 2.45) is 0 Å². The van der Waals surface area contributed by atoms with E-state index in [9.17, 15) is 4.79 Å². The first-order valence-electron chi connectivity index (χ1n) is 10.8. The zero-order valence-electron chi connectivity index (χ0n) is 18.4. The van der Waals surface area contributed by atoms with E-state index in [1.807, 2.05) is 43.0 Å². The van der Waals surface area contributed by atoms with E-state index in [1.54, 1.807) is 11.8 Å². The SMILES string of the molecule is CSCC[C@@H](Nc1nc(C)cc(C)n1)C(=O)N1CCC(c2nc3ccccc3[nH]2)CC1. The molecule has 0 spiro atoms. The van der Waals surface area contributed by atoms with Gasteiger partial charge >= 0.3 is 0 Å². The van der Waals surface area contributed by atoms with Gasteiger partial charge in [0.15, 0.2) is 0 Å². The summed E-state index contributed by atoms with van der Waals surface area (Å²) in [4.78, 5) is 32.5. The number of para-hydroxylation sites is 2. The number of thioether (sulfide) groups is 1. The number of hydrogen-bond donors (Lipinski definition) is 2. The van der Waals surface area contributed by atoms with Crippen molar-refractivity contribution in [3.63, 3.8) is 0 Å². The number of benzene rings is 1. The highest BCUT2D eigenvalue weighted by Gasteiger charge is 2.30. The average Bonchev–Trinajstić information content (AvgIpc) is 3.20. The van der Waals surface area contributed by atoms with E-state index in [4.69, 9.17) is 4.98 Å². The summed E-state index contributed by atoms with van der Waals surface area (Å²) in [6.45, 7) is 5.38. The Morgan fingerprint density at radius 2 is 1.90 bits per heavy atom. The fraction of sp³-hybridized carbons (Fsp3) is 0.478. The van der Waals surface area contributed by atoms with E-state index >= 15 is 0 Å². The van der Waals surface area contributed by atoms with E-state index < -0.39 is 0 Å². The number of piperidine rings is 1. The standard InChI is InChI=1S/C23H30N6OS/c1-15-14-16(2)25-23(24-15)28-20(10-13-31-3)22(30)29-11-8-17(9-12-29)21-26-18-6-4-5-7-19(18)27-21/h4-7,14,17,20H,8-13H2,1-3H3,(H,26,27)(H,24,25,28)/t20-/m1/s1. The molecule has 164 valence electrons. The van der Waals surface area contributed by atoms with Gasteiger partial charge in [0.25, 0.3) is 0 Å². The van der Waals surface area contributed by atoms with Crippen molar-refractivity contribution in [1.29, 1.82) is 0 Å². The van der Waals surface area contributed by atoms with Gasteiger partial charge in [0.2, 0.25) is 11.9 Å². The van der Waals surface area contributed by atoms with Crippen LogP contribution in [0.4, 0.5) is 5.95 Å². The smallest absolute Gasteiger partial charge is 0.245 e. The highest BCUT2D eigenvalue weighted by atomic mass is 32.2. The second-order valence-corrected chi connectivity index (χ2v) is 9.18. The molecule has 7 nitrogen and oxygen atoms in total. The Morgan fingerprint density at radius 1 is 1.19 bits per heavy atom. The van der Waals surface area contributed by atoms with Crippen LogP contribution in [0.2, 0.25) is 0 Å². The number of hydrogen-bond acceptors (Lipinski definition) is 6. The third-order valence-corrected chi connectivity index (χ3v) is 6.44. The maximum atomic E-state index is 13.3. The van der Waals surface area contributed by atoms with Gasteiger partial charge < -0.3 is 15.2 Å². The molecule has 2 N–H and O–H groups in total. The summed E-state index contributed by atoms with van der Waals surface area (Å²) in [6, 6.07) is 9.75. The molecule has 0 aliphatic carbocycles. The van der Waals surface area contributed by atoms with E-state index in [2.05, 4.69) is 32.6 Å². The van der Waals surface area contributed by atoms with Crippen LogP contribution in [0.5, 0.6) is 0 Å². The highest BCUT2D eigenvalue weighted by Crippen LogP contribution is 2.28. The molecule has 8 heteroatoms. The van der Waals surface area contributed by atoms with Crippen molar-refractivity contribution in [2.75, 3.05) is 30.4 Å². The van der Waals surface area contributed by atoms with Crippen molar-refractivity contribution in [3.8, 4) is 0 Å². The normalized spacial score (nSPS) is 15.9. The molecule has 1 amide bonds. The maximum absolute atomic E-state index is 13.3. The van der Waals surface area contributed by atoms with Gasteiger partial charge in [-0.25, -0.2) is 15.0 Å². The van der Waals surface area contributed by atoms with E-state index in [1.165, 1.54) is 0 Å². The van der Waals surface area contributed by atoms with Crippen molar-refractivity contribution < 1.29 is 4.79 Å². The molecule has 2 aromatic heterocycles. The molecule has 4 rings (SSSR count). The number of H-pyrrole nitrogens is 1. The minimum atomic E-state index is -0.309. The third-order valence-electron chi connectivity index (χ3n) is 5.80.